The molecule has 2 aliphatic heterocycles. The van der Waals surface area contributed by atoms with Crippen LogP contribution in [0.2, 0.25) is 0 Å². The lowest BCUT2D eigenvalue weighted by Gasteiger charge is -2.28. The third-order valence-corrected chi connectivity index (χ3v) is 7.89. The summed E-state index contributed by atoms with van der Waals surface area (Å²) in [5.41, 5.74) is -0.471. The summed E-state index contributed by atoms with van der Waals surface area (Å²) >= 11 is 0. The molecule has 5 atom stereocenters. The van der Waals surface area contributed by atoms with E-state index >= 15 is 0 Å². The molecule has 1 aromatic carbocycles. The van der Waals surface area contributed by atoms with Gasteiger partial charge in [-0.2, -0.15) is 17.6 Å². The number of morpholine rings is 1. The van der Waals surface area contributed by atoms with Crippen molar-refractivity contribution in [1.82, 2.24) is 26.2 Å². The number of epoxide rings is 1. The number of Topliss-reactive ketones (excluding diaryl/α,β-unsaturated/α-hetero) is 1. The fourth-order valence-electron chi connectivity index (χ4n) is 5.10. The Hall–Kier alpha value is -3.71. The van der Waals surface area contributed by atoms with Crippen molar-refractivity contribution in [2.45, 2.75) is 76.6 Å². The summed E-state index contributed by atoms with van der Waals surface area (Å²) in [4.78, 5) is 68.0. The monoisotopic (exact) mass is 719 g/mol. The molecular weight excluding hydrogens is 674 g/mol. The molecule has 3 rings (SSSR count). The Balaban J connectivity index is 1.75. The van der Waals surface area contributed by atoms with Crippen molar-refractivity contribution in [2.75, 3.05) is 52.7 Å². The number of carbonyl (C=O) groups is 5. The van der Waals surface area contributed by atoms with Crippen LogP contribution in [0.1, 0.15) is 32.8 Å². The van der Waals surface area contributed by atoms with Gasteiger partial charge in [0.15, 0.2) is 5.78 Å². The maximum atomic E-state index is 13.5. The number of rotatable bonds is 21. The van der Waals surface area contributed by atoms with Gasteiger partial charge in [-0.25, -0.2) is 0 Å². The summed E-state index contributed by atoms with van der Waals surface area (Å²) in [6.07, 6.45) is -0.0112. The van der Waals surface area contributed by atoms with Crippen molar-refractivity contribution in [2.24, 2.45) is 5.92 Å². The number of nitrogens with zero attached hydrogens (tertiary/aromatic N) is 1. The normalized spacial score (nSPS) is 20.1. The van der Waals surface area contributed by atoms with Crippen LogP contribution in [0.15, 0.2) is 30.3 Å². The molecule has 0 saturated carbocycles. The molecule has 2 aliphatic rings. The van der Waals surface area contributed by atoms with Crippen LogP contribution in [0.3, 0.4) is 0 Å². The number of ether oxygens (including phenoxy) is 4. The van der Waals surface area contributed by atoms with E-state index < -0.39 is 85.6 Å². The van der Waals surface area contributed by atoms with Crippen LogP contribution in [-0.2, 0) is 49.3 Å². The second-order valence-electron chi connectivity index (χ2n) is 12.6. The Morgan fingerprint density at radius 2 is 1.30 bits per heavy atom. The van der Waals surface area contributed by atoms with E-state index in [1.165, 1.54) is 0 Å². The molecule has 0 radical (unpaired) electrons. The number of amides is 4. The molecule has 2 saturated heterocycles. The predicted octanol–water partition coefficient (Wildman–Crippen LogP) is 0.383. The highest BCUT2D eigenvalue weighted by Gasteiger charge is 2.50. The standard InChI is InChI=1S/C32H45F4N5O9/c1-19(2)13-22(39-28(45)23(16-48-30(33)34)37-25(42)15-41-9-11-47-12-10-41)27(44)40-24(17-49-31(35)36)29(46)38-21(26(43)32(3)18-50-32)14-20-7-5-4-6-8-20/h4-8,19,21-24,30-31H,9-18H2,1-3H3,(H,37,42)(H,38,46)(H,39,45)(H,40,44)/t21?,22-,23-,24-,32+/m0/s1. The number of alkyl halides is 4. The second kappa shape index (κ2) is 19.6. The lowest BCUT2D eigenvalue weighted by atomic mass is 9.94. The molecule has 14 nitrogen and oxygen atoms in total. The third kappa shape index (κ3) is 13.9. The van der Waals surface area contributed by atoms with Crippen molar-refractivity contribution >= 4 is 29.4 Å². The van der Waals surface area contributed by atoms with E-state index in [-0.39, 0.29) is 31.9 Å². The molecule has 1 aromatic rings. The van der Waals surface area contributed by atoms with Crippen LogP contribution < -0.4 is 21.3 Å². The van der Waals surface area contributed by atoms with Crippen LogP contribution >= 0.6 is 0 Å². The average Bonchev–Trinajstić information content (AvgIpc) is 3.82. The van der Waals surface area contributed by atoms with Gasteiger partial charge < -0.3 is 40.2 Å². The van der Waals surface area contributed by atoms with E-state index in [0.717, 1.165) is 0 Å². The number of ketones is 1. The van der Waals surface area contributed by atoms with Gasteiger partial charge in [0.05, 0.1) is 45.6 Å². The third-order valence-electron chi connectivity index (χ3n) is 7.89. The molecule has 18 heteroatoms. The molecule has 2 heterocycles. The first kappa shape index (κ1) is 40.7. The molecule has 0 spiro atoms. The van der Waals surface area contributed by atoms with Gasteiger partial charge in [0, 0.05) is 13.1 Å². The zero-order chi connectivity index (χ0) is 36.8. The highest BCUT2D eigenvalue weighted by molar-refractivity contribution is 5.99. The van der Waals surface area contributed by atoms with Crippen molar-refractivity contribution in [1.29, 1.82) is 0 Å². The molecule has 0 aliphatic carbocycles. The highest BCUT2D eigenvalue weighted by Crippen LogP contribution is 2.29. The van der Waals surface area contributed by atoms with Crippen molar-refractivity contribution in [3.05, 3.63) is 35.9 Å². The smallest absolute Gasteiger partial charge is 0.345 e. The Bertz CT molecular complexity index is 1280. The quantitative estimate of drug-likeness (QED) is 0.103. The maximum absolute atomic E-state index is 13.5. The number of carbonyl (C=O) groups excluding carboxylic acids is 5. The van der Waals surface area contributed by atoms with E-state index in [4.69, 9.17) is 9.47 Å². The first-order valence-corrected chi connectivity index (χ1v) is 16.2. The summed E-state index contributed by atoms with van der Waals surface area (Å²) in [6.45, 7) is -1.94. The first-order valence-electron chi connectivity index (χ1n) is 16.2. The summed E-state index contributed by atoms with van der Waals surface area (Å²) in [6, 6.07) is 2.70. The lowest BCUT2D eigenvalue weighted by Crippen LogP contribution is -2.60. The van der Waals surface area contributed by atoms with Gasteiger partial charge in [0.25, 0.3) is 0 Å². The molecular formula is C32H45F4N5O9. The molecule has 4 amide bonds. The topological polar surface area (TPSA) is 177 Å². The van der Waals surface area contributed by atoms with Gasteiger partial charge >= 0.3 is 13.2 Å². The zero-order valence-electron chi connectivity index (χ0n) is 28.1. The van der Waals surface area contributed by atoms with Gasteiger partial charge in [-0.05, 0) is 31.2 Å². The van der Waals surface area contributed by atoms with E-state index in [1.807, 2.05) is 0 Å². The van der Waals surface area contributed by atoms with Crippen LogP contribution in [-0.4, -0.2) is 130 Å². The summed E-state index contributed by atoms with van der Waals surface area (Å²) < 4.78 is 71.2. The van der Waals surface area contributed by atoms with Crippen LogP contribution in [0, 0.1) is 5.92 Å². The number of hydrogen-bond acceptors (Lipinski definition) is 10. The zero-order valence-corrected chi connectivity index (χ0v) is 28.1. The summed E-state index contributed by atoms with van der Waals surface area (Å²) in [7, 11) is 0. The van der Waals surface area contributed by atoms with E-state index in [2.05, 4.69) is 30.7 Å². The van der Waals surface area contributed by atoms with Crippen molar-refractivity contribution in [3.63, 3.8) is 0 Å². The molecule has 0 aromatic heterocycles. The van der Waals surface area contributed by atoms with Gasteiger partial charge in [-0.3, -0.25) is 28.9 Å². The van der Waals surface area contributed by atoms with Gasteiger partial charge in [0.2, 0.25) is 23.6 Å². The molecule has 4 N–H and O–H groups in total. The highest BCUT2D eigenvalue weighted by atomic mass is 19.3. The molecule has 280 valence electrons. The fraction of sp³-hybridized carbons (Fsp3) is 0.656. The Morgan fingerprint density at radius 1 is 0.800 bits per heavy atom. The molecule has 50 heavy (non-hydrogen) atoms. The van der Waals surface area contributed by atoms with Gasteiger partial charge in [-0.1, -0.05) is 44.2 Å². The summed E-state index contributed by atoms with van der Waals surface area (Å²) in [5, 5.41) is 9.57. The maximum Gasteiger partial charge on any atom is 0.345 e. The van der Waals surface area contributed by atoms with Crippen LogP contribution in [0.5, 0.6) is 0 Å². The molecule has 2 fully saturated rings. The van der Waals surface area contributed by atoms with Crippen molar-refractivity contribution in [3.8, 4) is 0 Å². The Morgan fingerprint density at radius 3 is 1.82 bits per heavy atom. The number of nitrogens with one attached hydrogen (secondary N) is 4. The number of benzene rings is 1. The Labute approximate surface area is 287 Å². The van der Waals surface area contributed by atoms with Gasteiger partial charge in [-0.15, -0.1) is 0 Å². The van der Waals surface area contributed by atoms with E-state index in [9.17, 15) is 41.5 Å². The van der Waals surface area contributed by atoms with E-state index in [0.29, 0.717) is 31.9 Å². The largest absolute Gasteiger partial charge is 0.379 e. The van der Waals surface area contributed by atoms with Gasteiger partial charge in [0.1, 0.15) is 23.7 Å². The predicted molar refractivity (Wildman–Crippen MR) is 168 cm³/mol. The minimum atomic E-state index is -3.31. The minimum Gasteiger partial charge on any atom is -0.379 e. The van der Waals surface area contributed by atoms with Crippen LogP contribution in [0.4, 0.5) is 17.6 Å². The lowest BCUT2D eigenvalue weighted by molar-refractivity contribution is -0.150. The Kier molecular flexibility index (Phi) is 16.0. The average molecular weight is 720 g/mol. The van der Waals surface area contributed by atoms with E-state index in [1.54, 1.807) is 56.0 Å². The molecule has 0 bridgehead atoms. The number of halogens is 4. The molecule has 1 unspecified atom stereocenters. The van der Waals surface area contributed by atoms with Crippen molar-refractivity contribution < 1.29 is 60.5 Å². The minimum absolute atomic E-state index is 0.0338. The second-order valence-corrected chi connectivity index (χ2v) is 12.6. The first-order chi connectivity index (χ1) is 23.7. The number of hydrogen-bond donors (Lipinski definition) is 4. The fourth-order valence-corrected chi connectivity index (χ4v) is 5.10. The summed E-state index contributed by atoms with van der Waals surface area (Å²) in [5.74, 6) is -4.45. The van der Waals surface area contributed by atoms with Crippen LogP contribution in [0.25, 0.3) is 0 Å². The SMILES string of the molecule is CC(C)C[C@H](NC(=O)[C@H](COC(F)F)NC(=O)CN1CCOCC1)C(=O)N[C@@H](COC(F)F)C(=O)NC(Cc1ccccc1)C(=O)[C@@]1(C)CO1.